The fourth-order valence-corrected chi connectivity index (χ4v) is 0.880. The lowest BCUT2D eigenvalue weighted by Crippen LogP contribution is -2.07. The number of nitrogens with zero attached hydrogens (tertiary/aromatic N) is 1. The van der Waals surface area contributed by atoms with Crippen molar-refractivity contribution < 1.29 is 14.0 Å². The van der Waals surface area contributed by atoms with Crippen molar-refractivity contribution in [3.63, 3.8) is 0 Å². The fourth-order valence-electron chi connectivity index (χ4n) is 0.880. The lowest BCUT2D eigenvalue weighted by Gasteiger charge is -1.96. The normalized spacial score (nSPS) is 9.69. The SMILES string of the molecule is CC(=O)CC(=O)c1cccc(F)n1. The molecule has 0 saturated heterocycles. The molecule has 0 unspecified atom stereocenters. The molecule has 0 aliphatic rings. The highest BCUT2D eigenvalue weighted by Crippen LogP contribution is 2.01. The minimum absolute atomic E-state index is 0.00444. The van der Waals surface area contributed by atoms with Gasteiger partial charge in [0, 0.05) is 0 Å². The molecule has 0 N–H and O–H groups in total. The Bertz CT molecular complexity index is 349. The molecule has 0 amide bonds. The van der Waals surface area contributed by atoms with E-state index in [9.17, 15) is 14.0 Å². The van der Waals surface area contributed by atoms with Gasteiger partial charge in [0.1, 0.15) is 11.5 Å². The Hall–Kier alpha value is -1.58. The van der Waals surface area contributed by atoms with E-state index in [1.807, 2.05) is 0 Å². The maximum atomic E-state index is 12.5. The van der Waals surface area contributed by atoms with E-state index in [1.165, 1.54) is 19.1 Å². The van der Waals surface area contributed by atoms with Crippen molar-refractivity contribution in [1.82, 2.24) is 4.98 Å². The molecule has 0 saturated carbocycles. The van der Waals surface area contributed by atoms with Crippen LogP contribution in [0.25, 0.3) is 0 Å². The van der Waals surface area contributed by atoms with Crippen molar-refractivity contribution in [3.8, 4) is 0 Å². The molecule has 1 heterocycles. The second-order valence-corrected chi connectivity index (χ2v) is 2.65. The van der Waals surface area contributed by atoms with Gasteiger partial charge in [0.2, 0.25) is 5.95 Å². The summed E-state index contributed by atoms with van der Waals surface area (Å²) in [6, 6.07) is 3.91. The first-order valence-corrected chi connectivity index (χ1v) is 3.75. The fraction of sp³-hybridized carbons (Fsp3) is 0.222. The van der Waals surface area contributed by atoms with Crippen LogP contribution in [0.1, 0.15) is 23.8 Å². The van der Waals surface area contributed by atoms with Crippen LogP contribution in [0.5, 0.6) is 0 Å². The Kier molecular flexibility index (Phi) is 2.84. The monoisotopic (exact) mass is 181 g/mol. The molecule has 1 aromatic heterocycles. The van der Waals surface area contributed by atoms with Crippen LogP contribution in [0.2, 0.25) is 0 Å². The predicted molar refractivity (Wildman–Crippen MR) is 43.8 cm³/mol. The summed E-state index contributed by atoms with van der Waals surface area (Å²) in [7, 11) is 0. The van der Waals surface area contributed by atoms with E-state index in [2.05, 4.69) is 4.98 Å². The summed E-state index contributed by atoms with van der Waals surface area (Å²) in [5.41, 5.74) is -0.00444. The largest absolute Gasteiger partial charge is 0.300 e. The molecule has 0 aromatic carbocycles. The highest BCUT2D eigenvalue weighted by Gasteiger charge is 2.10. The molecule has 13 heavy (non-hydrogen) atoms. The first-order valence-electron chi connectivity index (χ1n) is 3.75. The predicted octanol–water partition coefficient (Wildman–Crippen LogP) is 1.38. The summed E-state index contributed by atoms with van der Waals surface area (Å²) in [5, 5.41) is 0. The van der Waals surface area contributed by atoms with Gasteiger partial charge in [-0.1, -0.05) is 6.07 Å². The van der Waals surface area contributed by atoms with Gasteiger partial charge in [0.25, 0.3) is 0 Å². The van der Waals surface area contributed by atoms with Crippen LogP contribution in [0.3, 0.4) is 0 Å². The Morgan fingerprint density at radius 3 is 2.69 bits per heavy atom. The van der Waals surface area contributed by atoms with Crippen molar-refractivity contribution in [2.45, 2.75) is 13.3 Å². The topological polar surface area (TPSA) is 47.0 Å². The van der Waals surface area contributed by atoms with Crippen LogP contribution in [-0.2, 0) is 4.79 Å². The molecule has 0 aliphatic heterocycles. The number of hydrogen-bond acceptors (Lipinski definition) is 3. The highest BCUT2D eigenvalue weighted by molar-refractivity contribution is 6.06. The zero-order chi connectivity index (χ0) is 9.84. The van der Waals surface area contributed by atoms with Crippen LogP contribution in [0.4, 0.5) is 4.39 Å². The van der Waals surface area contributed by atoms with E-state index < -0.39 is 11.7 Å². The van der Waals surface area contributed by atoms with E-state index in [-0.39, 0.29) is 17.9 Å². The third-order valence-corrected chi connectivity index (χ3v) is 1.41. The molecule has 0 radical (unpaired) electrons. The van der Waals surface area contributed by atoms with Gasteiger partial charge in [-0.2, -0.15) is 4.39 Å². The van der Waals surface area contributed by atoms with E-state index in [1.54, 1.807) is 0 Å². The van der Waals surface area contributed by atoms with Crippen molar-refractivity contribution in [3.05, 3.63) is 29.8 Å². The number of hydrogen-bond donors (Lipinski definition) is 0. The maximum Gasteiger partial charge on any atom is 0.213 e. The molecule has 4 heteroatoms. The smallest absolute Gasteiger partial charge is 0.213 e. The average molecular weight is 181 g/mol. The first kappa shape index (κ1) is 9.51. The lowest BCUT2D eigenvalue weighted by molar-refractivity contribution is -0.116. The molecule has 0 aliphatic carbocycles. The first-order chi connectivity index (χ1) is 6.09. The Morgan fingerprint density at radius 1 is 1.46 bits per heavy atom. The molecular weight excluding hydrogens is 173 g/mol. The Balaban J connectivity index is 2.83. The van der Waals surface area contributed by atoms with Gasteiger partial charge in [0.05, 0.1) is 6.42 Å². The highest BCUT2D eigenvalue weighted by atomic mass is 19.1. The van der Waals surface area contributed by atoms with Crippen molar-refractivity contribution in [2.24, 2.45) is 0 Å². The zero-order valence-electron chi connectivity index (χ0n) is 7.08. The van der Waals surface area contributed by atoms with Crippen molar-refractivity contribution in [2.75, 3.05) is 0 Å². The standard InChI is InChI=1S/C9H8FNO2/c1-6(12)5-8(13)7-3-2-4-9(10)11-7/h2-4H,5H2,1H3. The quantitative estimate of drug-likeness (QED) is 0.402. The Labute approximate surface area is 74.6 Å². The van der Waals surface area contributed by atoms with Gasteiger partial charge in [0.15, 0.2) is 5.78 Å². The van der Waals surface area contributed by atoms with Gasteiger partial charge in [-0.3, -0.25) is 9.59 Å². The molecule has 0 fully saturated rings. The molecule has 0 bridgehead atoms. The number of carbonyl (C=O) groups is 2. The third kappa shape index (κ3) is 2.74. The van der Waals surface area contributed by atoms with Crippen LogP contribution < -0.4 is 0 Å². The summed E-state index contributed by atoms with van der Waals surface area (Å²) in [5.74, 6) is -1.42. The molecule has 1 rings (SSSR count). The minimum Gasteiger partial charge on any atom is -0.300 e. The van der Waals surface area contributed by atoms with Gasteiger partial charge in [-0.25, -0.2) is 4.98 Å². The lowest BCUT2D eigenvalue weighted by atomic mass is 10.1. The molecular formula is C9H8FNO2. The molecule has 0 spiro atoms. The maximum absolute atomic E-state index is 12.5. The van der Waals surface area contributed by atoms with Crippen molar-refractivity contribution in [1.29, 1.82) is 0 Å². The Morgan fingerprint density at radius 2 is 2.15 bits per heavy atom. The average Bonchev–Trinajstić information content (AvgIpc) is 2.03. The van der Waals surface area contributed by atoms with Gasteiger partial charge < -0.3 is 0 Å². The summed E-state index contributed by atoms with van der Waals surface area (Å²) < 4.78 is 12.5. The van der Waals surface area contributed by atoms with Crippen LogP contribution in [-0.4, -0.2) is 16.6 Å². The van der Waals surface area contributed by atoms with E-state index in [0.717, 1.165) is 6.07 Å². The zero-order valence-corrected chi connectivity index (χ0v) is 7.08. The van der Waals surface area contributed by atoms with E-state index >= 15 is 0 Å². The summed E-state index contributed by atoms with van der Waals surface area (Å²) >= 11 is 0. The molecule has 1 aromatic rings. The number of halogens is 1. The van der Waals surface area contributed by atoms with Crippen LogP contribution in [0.15, 0.2) is 18.2 Å². The molecule has 68 valence electrons. The molecule has 3 nitrogen and oxygen atoms in total. The van der Waals surface area contributed by atoms with Crippen LogP contribution in [0, 0.1) is 5.95 Å². The summed E-state index contributed by atoms with van der Waals surface area (Å²) in [4.78, 5) is 25.1. The minimum atomic E-state index is -0.714. The van der Waals surface area contributed by atoms with Gasteiger partial charge in [-0.05, 0) is 19.1 Å². The number of aromatic nitrogens is 1. The second-order valence-electron chi connectivity index (χ2n) is 2.65. The van der Waals surface area contributed by atoms with Crippen LogP contribution >= 0.6 is 0 Å². The van der Waals surface area contributed by atoms with Gasteiger partial charge >= 0.3 is 0 Å². The molecule has 0 atom stereocenters. The number of rotatable bonds is 3. The summed E-state index contributed by atoms with van der Waals surface area (Å²) in [6.45, 7) is 1.30. The van der Waals surface area contributed by atoms with Crippen molar-refractivity contribution >= 4 is 11.6 Å². The second kappa shape index (κ2) is 3.89. The number of ketones is 2. The van der Waals surface area contributed by atoms with E-state index in [0.29, 0.717) is 0 Å². The summed E-state index contributed by atoms with van der Waals surface area (Å²) in [6.07, 6.45) is -0.226. The number of Topliss-reactive ketones (excluding diaryl/α,β-unsaturated/α-hetero) is 2. The van der Waals surface area contributed by atoms with Gasteiger partial charge in [-0.15, -0.1) is 0 Å². The van der Waals surface area contributed by atoms with E-state index in [4.69, 9.17) is 0 Å². The number of pyridine rings is 1. The third-order valence-electron chi connectivity index (χ3n) is 1.41. The number of carbonyl (C=O) groups excluding carboxylic acids is 2.